The average molecular weight is 1230 g/mol. The summed E-state index contributed by atoms with van der Waals surface area (Å²) in [5.41, 5.74) is 13.3. The van der Waals surface area contributed by atoms with Crippen LogP contribution >= 0.6 is 15.6 Å². The first-order valence-corrected chi connectivity index (χ1v) is 32.6. The van der Waals surface area contributed by atoms with Crippen LogP contribution in [0.5, 0.6) is 0 Å². The summed E-state index contributed by atoms with van der Waals surface area (Å²) < 4.78 is 93.5. The van der Waals surface area contributed by atoms with Gasteiger partial charge in [-0.2, -0.15) is 0 Å². The van der Waals surface area contributed by atoms with E-state index in [0.717, 1.165) is 74.0 Å². The Balaban J connectivity index is 0.636. The number of anilines is 2. The second kappa shape index (κ2) is 25.9. The van der Waals surface area contributed by atoms with Gasteiger partial charge in [-0.05, 0) is 123 Å². The number of rotatable bonds is 31. The number of carbonyl (C=O) groups is 2. The molecule has 4 aromatic heterocycles. The smallest absolute Gasteiger partial charge is 0.382 e. The number of phosphoric acid groups is 2. The lowest BCUT2D eigenvalue weighted by atomic mass is 9.49. The quantitative estimate of drug-likeness (QED) is 0.0215. The van der Waals surface area contributed by atoms with Crippen molar-refractivity contribution in [3.05, 3.63) is 25.3 Å². The van der Waals surface area contributed by atoms with Gasteiger partial charge in [0.15, 0.2) is 35.4 Å². The third-order valence-corrected chi connectivity index (χ3v) is 20.1. The molecule has 468 valence electrons. The Morgan fingerprint density at radius 3 is 1.54 bits per heavy atom. The van der Waals surface area contributed by atoms with Gasteiger partial charge in [0.25, 0.3) is 0 Å². The van der Waals surface area contributed by atoms with E-state index in [1.807, 2.05) is 0 Å². The lowest BCUT2D eigenvalue weighted by Crippen LogP contribution is -2.48. The number of nitrogen functional groups attached to an aromatic ring is 2. The van der Waals surface area contributed by atoms with Crippen LogP contribution in [0.1, 0.15) is 102 Å². The number of amides is 2. The molecular weight excluding hydrogens is 1150 g/mol. The number of fused-ring (bicyclic) bond motifs is 2. The highest BCUT2D eigenvalue weighted by Crippen LogP contribution is 2.63. The molecule has 8 aliphatic carbocycles. The van der Waals surface area contributed by atoms with E-state index in [2.05, 4.69) is 40.5 Å². The number of nitrogens with two attached hydrogens (primary N) is 2. The number of aromatic nitrogens is 8. The molecule has 10 fully saturated rings. The van der Waals surface area contributed by atoms with Crippen molar-refractivity contribution in [3.63, 3.8) is 0 Å². The summed E-state index contributed by atoms with van der Waals surface area (Å²) in [5, 5.41) is 6.03. The standard InChI is InChI=1S/C53H78N12O18P2/c54-46-41-48(60-25-58-46)64(27-62-41)50-44(78-29-75-7-5-73-3-1-56-39(66)21-52-15-31-9-32(16-52)11-33(10-31)17-52)38(23-77-50)82-85(71,72)80-24-37-43(83-84(68,69)70)45(51(81-37)65-28-63-42-47(55)59-26-61-49(42)65)79-30-76-8-6-74-4-2-57-40(67)22-53-18-34-12-35(19-53)14-36(13-34)20-53/h25-28,31-38,43-45,50-51H,1-24,29-30H2,(H,56,66)(H,57,67)(H,71,72)(H2,54,58,60)(H2,55,59,61)(H2,68,69,70)/t31?,32?,33?,34?,35?,36?,37-,38+,43+,44?,45?,50-,51-,52?,53?/m1/s1. The van der Waals surface area contributed by atoms with Crippen molar-refractivity contribution in [1.82, 2.24) is 49.7 Å². The zero-order valence-electron chi connectivity index (χ0n) is 47.3. The Morgan fingerprint density at radius 2 is 1.06 bits per heavy atom. The maximum absolute atomic E-state index is 14.0. The van der Waals surface area contributed by atoms with E-state index in [1.54, 1.807) is 0 Å². The van der Waals surface area contributed by atoms with Gasteiger partial charge in [0.1, 0.15) is 67.8 Å². The van der Waals surface area contributed by atoms with Crippen molar-refractivity contribution in [2.45, 2.75) is 133 Å². The van der Waals surface area contributed by atoms with Gasteiger partial charge in [-0.3, -0.25) is 32.3 Å². The van der Waals surface area contributed by atoms with Gasteiger partial charge in [-0.15, -0.1) is 0 Å². The summed E-state index contributed by atoms with van der Waals surface area (Å²) in [6.45, 7) is -0.354. The Hall–Kier alpha value is -4.46. The number of nitrogens with one attached hydrogen (secondary N) is 2. The van der Waals surface area contributed by atoms with Crippen molar-refractivity contribution in [2.24, 2.45) is 46.3 Å². The number of nitrogens with zero attached hydrogens (tertiary/aromatic N) is 8. The Bertz CT molecular complexity index is 3010. The van der Waals surface area contributed by atoms with E-state index in [9.17, 15) is 33.4 Å². The van der Waals surface area contributed by atoms with E-state index in [-0.39, 0.29) is 110 Å². The van der Waals surface area contributed by atoms with Crippen LogP contribution in [0.3, 0.4) is 0 Å². The number of carbonyl (C=O) groups excluding carboxylic acids is 2. The zero-order chi connectivity index (χ0) is 58.9. The predicted molar refractivity (Wildman–Crippen MR) is 295 cm³/mol. The molecular formula is C53H78N12O18P2. The van der Waals surface area contributed by atoms with Crippen molar-refractivity contribution >= 4 is 61.4 Å². The molecule has 14 rings (SSSR count). The SMILES string of the molecule is Nc1ncnc2c1ncn2[C@@H]1OC[C@H](OP(=O)(O)OC[C@H]2O[C@@H](n3cnc4c(N)ncnc43)C(OCOCCOCCNC(=O)CC34CC5CC(CC(C5)C3)C4)[C@H]2OP(=O)(O)O)C1OCOCCOCCNC(=O)CC12CC3CC(CC(C3)C1)C2. The molecule has 3 unspecified atom stereocenters. The monoisotopic (exact) mass is 1230 g/mol. The zero-order valence-corrected chi connectivity index (χ0v) is 49.1. The van der Waals surface area contributed by atoms with Crippen molar-refractivity contribution < 1.29 is 84.9 Å². The molecule has 2 amide bonds. The number of imidazole rings is 2. The second-order valence-electron chi connectivity index (χ2n) is 24.9. The van der Waals surface area contributed by atoms with Crippen molar-refractivity contribution in [3.8, 4) is 0 Å². The van der Waals surface area contributed by atoms with Gasteiger partial charge in [-0.25, -0.2) is 39.0 Å². The lowest BCUT2D eigenvalue weighted by Gasteiger charge is -2.56. The van der Waals surface area contributed by atoms with Crippen molar-refractivity contribution in [2.75, 3.05) is 91.0 Å². The third-order valence-electron chi connectivity index (χ3n) is 18.6. The van der Waals surface area contributed by atoms with Crippen LogP contribution in [0, 0.1) is 46.3 Å². The molecule has 32 heteroatoms. The fourth-order valence-electron chi connectivity index (χ4n) is 16.3. The molecule has 30 nitrogen and oxygen atoms in total. The van der Waals surface area contributed by atoms with E-state index in [0.29, 0.717) is 25.9 Å². The highest BCUT2D eigenvalue weighted by atomic mass is 31.2. The molecule has 2 aliphatic heterocycles. The fraction of sp³-hybridized carbons (Fsp3) is 0.774. The normalized spacial score (nSPS) is 33.6. The molecule has 4 aromatic rings. The molecule has 85 heavy (non-hydrogen) atoms. The summed E-state index contributed by atoms with van der Waals surface area (Å²) in [4.78, 5) is 82.9. The van der Waals surface area contributed by atoms with Gasteiger partial charge >= 0.3 is 15.6 Å². The summed E-state index contributed by atoms with van der Waals surface area (Å²) in [6, 6.07) is 0. The Morgan fingerprint density at radius 1 is 0.600 bits per heavy atom. The molecule has 10 aliphatic rings. The van der Waals surface area contributed by atoms with Gasteiger partial charge in [-0.1, -0.05) is 0 Å². The number of hydrogen-bond acceptors (Lipinski definition) is 23. The molecule has 8 atom stereocenters. The summed E-state index contributed by atoms with van der Waals surface area (Å²) >= 11 is 0. The second-order valence-corrected chi connectivity index (χ2v) is 27.4. The minimum absolute atomic E-state index is 0.0255. The Labute approximate surface area is 489 Å². The number of phosphoric ester groups is 2. The maximum atomic E-state index is 14.0. The minimum Gasteiger partial charge on any atom is -0.382 e. The van der Waals surface area contributed by atoms with E-state index < -0.39 is 72.0 Å². The van der Waals surface area contributed by atoms with Crippen LogP contribution in [0.4, 0.5) is 11.6 Å². The maximum Gasteiger partial charge on any atom is 0.472 e. The third kappa shape index (κ3) is 14.4. The van der Waals surface area contributed by atoms with E-state index in [1.165, 1.54) is 73.0 Å². The van der Waals surface area contributed by atoms with Crippen LogP contribution in [-0.2, 0) is 70.2 Å². The van der Waals surface area contributed by atoms with Gasteiger partial charge in [0, 0.05) is 25.9 Å². The summed E-state index contributed by atoms with van der Waals surface area (Å²) in [6.07, 6.45) is 11.5. The largest absolute Gasteiger partial charge is 0.472 e. The summed E-state index contributed by atoms with van der Waals surface area (Å²) in [5.74, 6) is 4.81. The molecule has 2 saturated heterocycles. The number of ether oxygens (including phenoxy) is 8. The molecule has 8 saturated carbocycles. The van der Waals surface area contributed by atoms with Crippen LogP contribution in [0.25, 0.3) is 22.3 Å². The number of hydrogen-bond donors (Lipinski definition) is 7. The highest BCUT2D eigenvalue weighted by molar-refractivity contribution is 7.47. The summed E-state index contributed by atoms with van der Waals surface area (Å²) in [7, 11) is -10.5. The van der Waals surface area contributed by atoms with E-state index >= 15 is 0 Å². The minimum atomic E-state index is -5.35. The molecule has 0 spiro atoms. The fourth-order valence-corrected chi connectivity index (χ4v) is 17.7. The first kappa shape index (κ1) is 60.8. The molecule has 0 radical (unpaired) electrons. The highest BCUT2D eigenvalue weighted by Gasteiger charge is 2.55. The predicted octanol–water partition coefficient (Wildman–Crippen LogP) is 3.43. The topological polar surface area (TPSA) is 394 Å². The molecule has 0 aromatic carbocycles. The van der Waals surface area contributed by atoms with Gasteiger partial charge in [0.05, 0.1) is 65.5 Å². The van der Waals surface area contributed by atoms with Crippen LogP contribution < -0.4 is 22.1 Å². The molecule has 6 heterocycles. The van der Waals surface area contributed by atoms with Gasteiger partial charge < -0.3 is 74.7 Å². The van der Waals surface area contributed by atoms with Gasteiger partial charge in [0.2, 0.25) is 11.8 Å². The Kier molecular flexibility index (Phi) is 18.6. The lowest BCUT2D eigenvalue weighted by molar-refractivity contribution is -0.143. The van der Waals surface area contributed by atoms with Crippen LogP contribution in [0.2, 0.25) is 0 Å². The van der Waals surface area contributed by atoms with Crippen molar-refractivity contribution in [1.29, 1.82) is 0 Å². The first-order valence-electron chi connectivity index (χ1n) is 29.6. The van der Waals surface area contributed by atoms with Crippen LogP contribution in [-0.4, -0.2) is 176 Å². The molecule has 9 N–H and O–H groups in total. The first-order chi connectivity index (χ1) is 41.0. The molecule has 8 bridgehead atoms. The van der Waals surface area contributed by atoms with Crippen LogP contribution in [0.15, 0.2) is 25.3 Å². The van der Waals surface area contributed by atoms with E-state index in [4.69, 9.17) is 62.9 Å². The average Bonchev–Trinajstić information content (AvgIpc) is 1.98.